The Labute approximate surface area is 171 Å². The number of methoxy groups -OCH3 is 1. The number of carbonyl (C=O) groups excluding carboxylic acids is 1. The normalized spacial score (nSPS) is 10.9. The van der Waals surface area contributed by atoms with E-state index in [1.54, 1.807) is 19.2 Å². The summed E-state index contributed by atoms with van der Waals surface area (Å²) in [6.45, 7) is 3.22. The maximum absolute atomic E-state index is 12.4. The van der Waals surface area contributed by atoms with Gasteiger partial charge in [-0.15, -0.1) is 10.2 Å². The summed E-state index contributed by atoms with van der Waals surface area (Å²) >= 11 is 3.43. The number of ether oxygens (including phenoxy) is 1. The van der Waals surface area contributed by atoms with E-state index in [1.807, 2.05) is 48.2 Å². The van der Waals surface area contributed by atoms with Crippen LogP contribution in [-0.4, -0.2) is 41.2 Å². The summed E-state index contributed by atoms with van der Waals surface area (Å²) in [5, 5.41) is 11.1. The Kier molecular flexibility index (Phi) is 6.78. The van der Waals surface area contributed by atoms with E-state index < -0.39 is 0 Å². The molecule has 1 N–H and O–H groups in total. The Bertz CT molecular complexity index is 944. The predicted octanol–water partition coefficient (Wildman–Crippen LogP) is 3.97. The molecule has 0 unspecified atom stereocenters. The Morgan fingerprint density at radius 3 is 2.79 bits per heavy atom. The van der Waals surface area contributed by atoms with Crippen LogP contribution in [0, 0.1) is 0 Å². The van der Waals surface area contributed by atoms with Crippen LogP contribution in [0.3, 0.4) is 0 Å². The van der Waals surface area contributed by atoms with Gasteiger partial charge in [0.15, 0.2) is 0 Å². The van der Waals surface area contributed by atoms with Gasteiger partial charge in [0, 0.05) is 10.0 Å². The van der Waals surface area contributed by atoms with Gasteiger partial charge in [-0.1, -0.05) is 41.1 Å². The molecule has 1 heterocycles. The van der Waals surface area contributed by atoms with E-state index in [9.17, 15) is 4.79 Å². The monoisotopic (exact) mass is 444 g/mol. The van der Waals surface area contributed by atoms with E-state index >= 15 is 0 Å². The van der Waals surface area contributed by atoms with E-state index in [1.165, 1.54) is 0 Å². The van der Waals surface area contributed by atoms with Crippen LogP contribution >= 0.6 is 15.9 Å². The molecule has 0 aliphatic rings. The van der Waals surface area contributed by atoms with E-state index in [4.69, 9.17) is 9.15 Å². The van der Waals surface area contributed by atoms with Crippen LogP contribution in [0.15, 0.2) is 57.4 Å². The van der Waals surface area contributed by atoms with Gasteiger partial charge in [-0.3, -0.25) is 9.69 Å². The molecule has 7 nitrogen and oxygen atoms in total. The van der Waals surface area contributed by atoms with E-state index in [-0.39, 0.29) is 12.5 Å². The summed E-state index contributed by atoms with van der Waals surface area (Å²) in [6, 6.07) is 15.0. The van der Waals surface area contributed by atoms with Gasteiger partial charge in [0.1, 0.15) is 5.75 Å². The predicted molar refractivity (Wildman–Crippen MR) is 110 cm³/mol. The molecular weight excluding hydrogens is 424 g/mol. The lowest BCUT2D eigenvalue weighted by Crippen LogP contribution is -2.33. The molecule has 0 bridgehead atoms. The fourth-order valence-electron chi connectivity index (χ4n) is 2.67. The highest BCUT2D eigenvalue weighted by Gasteiger charge is 2.16. The molecule has 0 aliphatic carbocycles. The van der Waals surface area contributed by atoms with Crippen LogP contribution in [-0.2, 0) is 11.3 Å². The number of anilines is 1. The van der Waals surface area contributed by atoms with Gasteiger partial charge in [-0.2, -0.15) is 0 Å². The number of para-hydroxylation sites is 2. The van der Waals surface area contributed by atoms with E-state index in [2.05, 4.69) is 31.4 Å². The van der Waals surface area contributed by atoms with Crippen molar-refractivity contribution in [1.29, 1.82) is 0 Å². The number of halogens is 1. The molecule has 0 saturated carbocycles. The first-order chi connectivity index (χ1) is 13.6. The fraction of sp³-hybridized carbons (Fsp3) is 0.250. The average Bonchev–Trinajstić information content (AvgIpc) is 3.16. The second-order valence-electron chi connectivity index (χ2n) is 6.06. The van der Waals surface area contributed by atoms with Crippen molar-refractivity contribution in [2.45, 2.75) is 13.5 Å². The molecule has 28 heavy (non-hydrogen) atoms. The summed E-state index contributed by atoms with van der Waals surface area (Å²) in [6.07, 6.45) is 0. The van der Waals surface area contributed by atoms with Gasteiger partial charge in [-0.05, 0) is 36.9 Å². The SMILES string of the molecule is CCN(CC(=O)Nc1ccccc1OC)Cc1nnc(-c2cccc(Br)c2)o1. The molecule has 1 amide bonds. The molecule has 146 valence electrons. The van der Waals surface area contributed by atoms with Crippen LogP contribution in [0.5, 0.6) is 5.75 Å². The maximum Gasteiger partial charge on any atom is 0.247 e. The van der Waals surface area contributed by atoms with Crippen LogP contribution in [0.4, 0.5) is 5.69 Å². The van der Waals surface area contributed by atoms with Crippen molar-refractivity contribution in [3.05, 3.63) is 58.9 Å². The quantitative estimate of drug-likeness (QED) is 0.565. The molecule has 0 radical (unpaired) electrons. The summed E-state index contributed by atoms with van der Waals surface area (Å²) in [5.74, 6) is 1.39. The second-order valence-corrected chi connectivity index (χ2v) is 6.98. The zero-order valence-corrected chi connectivity index (χ0v) is 17.3. The number of aromatic nitrogens is 2. The zero-order valence-electron chi connectivity index (χ0n) is 15.7. The third-order valence-corrected chi connectivity index (χ3v) is 4.59. The Morgan fingerprint density at radius 1 is 1.21 bits per heavy atom. The zero-order chi connectivity index (χ0) is 19.9. The van der Waals surface area contributed by atoms with Crippen LogP contribution in [0.1, 0.15) is 12.8 Å². The lowest BCUT2D eigenvalue weighted by molar-refractivity contribution is -0.117. The van der Waals surface area contributed by atoms with Gasteiger partial charge in [-0.25, -0.2) is 0 Å². The van der Waals surface area contributed by atoms with Crippen molar-refractivity contribution in [2.75, 3.05) is 25.5 Å². The standard InChI is InChI=1S/C20H21BrN4O3/c1-3-25(12-18(26)22-16-9-4-5-10-17(16)27-2)13-19-23-24-20(28-19)14-7-6-8-15(21)11-14/h4-11H,3,12-13H2,1-2H3,(H,22,26). The number of nitrogens with one attached hydrogen (secondary N) is 1. The number of rotatable bonds is 8. The molecular formula is C20H21BrN4O3. The Balaban J connectivity index is 1.62. The topological polar surface area (TPSA) is 80.5 Å². The van der Waals surface area contributed by atoms with Crippen LogP contribution in [0.25, 0.3) is 11.5 Å². The van der Waals surface area contributed by atoms with Gasteiger partial charge in [0.25, 0.3) is 0 Å². The summed E-state index contributed by atoms with van der Waals surface area (Å²) in [7, 11) is 1.57. The molecule has 0 aliphatic heterocycles. The van der Waals surface area contributed by atoms with Crippen molar-refractivity contribution in [2.24, 2.45) is 0 Å². The number of hydrogen-bond donors (Lipinski definition) is 1. The molecule has 3 aromatic rings. The van der Waals surface area contributed by atoms with Crippen LogP contribution < -0.4 is 10.1 Å². The minimum Gasteiger partial charge on any atom is -0.495 e. The summed E-state index contributed by atoms with van der Waals surface area (Å²) < 4.78 is 12.0. The van der Waals surface area contributed by atoms with Gasteiger partial charge >= 0.3 is 0 Å². The molecule has 2 aromatic carbocycles. The van der Waals surface area contributed by atoms with E-state index in [0.29, 0.717) is 36.3 Å². The highest BCUT2D eigenvalue weighted by molar-refractivity contribution is 9.10. The number of likely N-dealkylation sites (N-methyl/N-ethyl adjacent to an activating group) is 1. The highest BCUT2D eigenvalue weighted by atomic mass is 79.9. The lowest BCUT2D eigenvalue weighted by Gasteiger charge is -2.18. The molecule has 3 rings (SSSR count). The third-order valence-electron chi connectivity index (χ3n) is 4.09. The Morgan fingerprint density at radius 2 is 2.04 bits per heavy atom. The first kappa shape index (κ1) is 20.0. The molecule has 0 saturated heterocycles. The number of benzene rings is 2. The maximum atomic E-state index is 12.4. The minimum absolute atomic E-state index is 0.141. The first-order valence-corrected chi connectivity index (χ1v) is 9.62. The van der Waals surface area contributed by atoms with Crippen molar-refractivity contribution < 1.29 is 13.9 Å². The van der Waals surface area contributed by atoms with Gasteiger partial charge in [0.2, 0.25) is 17.7 Å². The fourth-order valence-corrected chi connectivity index (χ4v) is 3.07. The number of hydrogen-bond acceptors (Lipinski definition) is 6. The molecule has 0 spiro atoms. The largest absolute Gasteiger partial charge is 0.495 e. The van der Waals surface area contributed by atoms with Gasteiger partial charge in [0.05, 0.1) is 25.9 Å². The van der Waals surface area contributed by atoms with Crippen molar-refractivity contribution in [3.8, 4) is 17.2 Å². The van der Waals surface area contributed by atoms with Crippen molar-refractivity contribution >= 4 is 27.5 Å². The van der Waals surface area contributed by atoms with E-state index in [0.717, 1.165) is 10.0 Å². The van der Waals surface area contributed by atoms with Crippen LogP contribution in [0.2, 0.25) is 0 Å². The molecule has 1 aromatic heterocycles. The smallest absolute Gasteiger partial charge is 0.247 e. The van der Waals surface area contributed by atoms with Crippen molar-refractivity contribution in [3.63, 3.8) is 0 Å². The average molecular weight is 445 g/mol. The Hall–Kier alpha value is -2.71. The second kappa shape index (κ2) is 9.48. The molecule has 8 heteroatoms. The lowest BCUT2D eigenvalue weighted by atomic mass is 10.2. The van der Waals surface area contributed by atoms with Crippen molar-refractivity contribution in [1.82, 2.24) is 15.1 Å². The highest BCUT2D eigenvalue weighted by Crippen LogP contribution is 2.23. The summed E-state index contributed by atoms with van der Waals surface area (Å²) in [4.78, 5) is 14.3. The minimum atomic E-state index is -0.141. The molecule has 0 atom stereocenters. The first-order valence-electron chi connectivity index (χ1n) is 8.82. The number of amides is 1. The number of carbonyl (C=O) groups is 1. The molecule has 0 fully saturated rings. The summed E-state index contributed by atoms with van der Waals surface area (Å²) in [5.41, 5.74) is 1.48. The van der Waals surface area contributed by atoms with Gasteiger partial charge < -0.3 is 14.5 Å². The third kappa shape index (κ3) is 5.17. The number of nitrogens with zero attached hydrogens (tertiary/aromatic N) is 3.